The van der Waals surface area contributed by atoms with Gasteiger partial charge in [0.2, 0.25) is 0 Å². The van der Waals surface area contributed by atoms with Crippen molar-refractivity contribution in [2.24, 2.45) is 0 Å². The summed E-state index contributed by atoms with van der Waals surface area (Å²) in [7, 11) is 0. The van der Waals surface area contributed by atoms with Crippen LogP contribution >= 0.6 is 0 Å². The molecule has 0 saturated carbocycles. The molecule has 0 unspecified atom stereocenters. The fourth-order valence-corrected chi connectivity index (χ4v) is 0.104. The highest BCUT2D eigenvalue weighted by Gasteiger charge is 2.00. The Morgan fingerprint density at radius 1 is 0.875 bits per heavy atom. The Balaban J connectivity index is 4.04. The molecule has 0 N–H and O–H groups in total. The molecule has 0 saturated heterocycles. The van der Waals surface area contributed by atoms with Gasteiger partial charge >= 0.3 is 0 Å². The van der Waals surface area contributed by atoms with Gasteiger partial charge in [0.15, 0.2) is 11.7 Å². The Morgan fingerprint density at radius 2 is 1.12 bits per heavy atom. The third-order valence-corrected chi connectivity index (χ3v) is 0.420. The summed E-state index contributed by atoms with van der Waals surface area (Å²) >= 11 is 0. The second kappa shape index (κ2) is 3.23. The van der Waals surface area contributed by atoms with Gasteiger partial charge in [0.25, 0.3) is 0 Å². The van der Waals surface area contributed by atoms with Crippen LogP contribution in [0.4, 0.5) is 17.6 Å². The summed E-state index contributed by atoms with van der Waals surface area (Å²) in [5, 5.41) is 0. The van der Waals surface area contributed by atoms with Crippen LogP contribution in [0, 0.1) is 0 Å². The van der Waals surface area contributed by atoms with Crippen molar-refractivity contribution in [3.63, 3.8) is 0 Å². The molecule has 46 valence electrons. The maximum atomic E-state index is 11.3. The SMILES string of the molecule is FC=C(F)C(F)=CF. The average molecular weight is 126 g/mol. The van der Waals surface area contributed by atoms with Crippen molar-refractivity contribution in [3.8, 4) is 0 Å². The Morgan fingerprint density at radius 3 is 1.25 bits per heavy atom. The van der Waals surface area contributed by atoms with Crippen molar-refractivity contribution >= 4 is 0 Å². The molecule has 0 aliphatic carbocycles. The zero-order chi connectivity index (χ0) is 6.57. The Labute approximate surface area is 43.1 Å². The van der Waals surface area contributed by atoms with Gasteiger partial charge in [-0.2, -0.15) is 0 Å². The molecule has 4 heteroatoms. The fourth-order valence-electron chi connectivity index (χ4n) is 0.104. The minimum Gasteiger partial charge on any atom is -0.212 e. The highest BCUT2D eigenvalue weighted by Crippen LogP contribution is 2.12. The third-order valence-electron chi connectivity index (χ3n) is 0.420. The van der Waals surface area contributed by atoms with Gasteiger partial charge in [0, 0.05) is 0 Å². The largest absolute Gasteiger partial charge is 0.212 e. The quantitative estimate of drug-likeness (QED) is 0.374. The first-order chi connectivity index (χ1) is 3.72. The lowest BCUT2D eigenvalue weighted by atomic mass is 10.5. The van der Waals surface area contributed by atoms with Crippen molar-refractivity contribution in [1.29, 1.82) is 0 Å². The number of hydrogen-bond acceptors (Lipinski definition) is 0. The molecule has 0 rings (SSSR count). The molecule has 0 nitrogen and oxygen atoms in total. The summed E-state index contributed by atoms with van der Waals surface area (Å²) in [4.78, 5) is 0. The van der Waals surface area contributed by atoms with Gasteiger partial charge in [-0.1, -0.05) is 0 Å². The van der Waals surface area contributed by atoms with Crippen LogP contribution in [0.2, 0.25) is 0 Å². The maximum Gasteiger partial charge on any atom is 0.189 e. The van der Waals surface area contributed by atoms with E-state index in [9.17, 15) is 17.6 Å². The first-order valence-corrected chi connectivity index (χ1v) is 1.64. The molecular weight excluding hydrogens is 124 g/mol. The van der Waals surface area contributed by atoms with Crippen LogP contribution in [-0.4, -0.2) is 0 Å². The number of rotatable bonds is 1. The molecular formula is C4H2F4. The summed E-state index contributed by atoms with van der Waals surface area (Å²) < 4.78 is 44.3. The van der Waals surface area contributed by atoms with Gasteiger partial charge in [-0.25, -0.2) is 17.6 Å². The van der Waals surface area contributed by atoms with Crippen LogP contribution in [0.3, 0.4) is 0 Å². The highest BCUT2D eigenvalue weighted by molar-refractivity contribution is 5.13. The molecule has 0 heterocycles. The number of hydrogen-bond donors (Lipinski definition) is 0. The van der Waals surface area contributed by atoms with Gasteiger partial charge in [-0.3, -0.25) is 0 Å². The van der Waals surface area contributed by atoms with Crippen LogP contribution in [0.25, 0.3) is 0 Å². The van der Waals surface area contributed by atoms with Crippen LogP contribution < -0.4 is 0 Å². The lowest BCUT2D eigenvalue weighted by molar-refractivity contribution is 0.501. The Hall–Kier alpha value is -0.800. The third kappa shape index (κ3) is 1.77. The molecule has 8 heavy (non-hydrogen) atoms. The molecule has 0 aliphatic heterocycles. The standard InChI is InChI=1S/C4H2F4/c5-1-3(7)4(8)2-6/h1-2H. The van der Waals surface area contributed by atoms with E-state index in [4.69, 9.17) is 0 Å². The van der Waals surface area contributed by atoms with E-state index in [1.165, 1.54) is 0 Å². The minimum absolute atomic E-state index is 0.661. The van der Waals surface area contributed by atoms with E-state index >= 15 is 0 Å². The summed E-state index contributed by atoms with van der Waals surface area (Å²) in [5.41, 5.74) is 0. The molecule has 0 fully saturated rings. The molecule has 0 atom stereocenters. The van der Waals surface area contributed by atoms with Gasteiger partial charge in [-0.05, 0) is 0 Å². The number of halogens is 4. The Kier molecular flexibility index (Phi) is 2.91. The summed E-state index contributed by atoms with van der Waals surface area (Å²) in [5.74, 6) is -3.68. The zero-order valence-electron chi connectivity index (χ0n) is 3.67. The maximum absolute atomic E-state index is 11.3. The molecule has 0 aromatic heterocycles. The summed E-state index contributed by atoms with van der Waals surface area (Å²) in [6.07, 6.45) is -1.32. The fraction of sp³-hybridized carbons (Fsp3) is 0. The predicted octanol–water partition coefficient (Wildman–Crippen LogP) is 2.55. The molecule has 0 aromatic carbocycles. The van der Waals surface area contributed by atoms with Crippen LogP contribution in [0.5, 0.6) is 0 Å². The molecule has 0 aromatic rings. The first kappa shape index (κ1) is 7.20. The van der Waals surface area contributed by atoms with Gasteiger partial charge < -0.3 is 0 Å². The summed E-state index contributed by atoms with van der Waals surface area (Å²) in [6, 6.07) is 0. The molecule has 0 radical (unpaired) electrons. The van der Waals surface area contributed by atoms with Crippen molar-refractivity contribution in [3.05, 3.63) is 24.3 Å². The van der Waals surface area contributed by atoms with E-state index in [0.29, 0.717) is 0 Å². The van der Waals surface area contributed by atoms with E-state index in [2.05, 4.69) is 0 Å². The second-order valence-electron chi connectivity index (χ2n) is 0.914. The normalized spacial score (nSPS) is 14.5. The molecule has 0 spiro atoms. The van der Waals surface area contributed by atoms with E-state index in [0.717, 1.165) is 0 Å². The van der Waals surface area contributed by atoms with E-state index in [-0.39, 0.29) is 0 Å². The van der Waals surface area contributed by atoms with Gasteiger partial charge in [0.1, 0.15) is 12.7 Å². The van der Waals surface area contributed by atoms with Crippen LogP contribution in [-0.2, 0) is 0 Å². The molecule has 0 aliphatic rings. The van der Waals surface area contributed by atoms with Crippen LogP contribution in [0.1, 0.15) is 0 Å². The van der Waals surface area contributed by atoms with Crippen molar-refractivity contribution in [1.82, 2.24) is 0 Å². The zero-order valence-corrected chi connectivity index (χ0v) is 3.67. The lowest BCUT2D eigenvalue weighted by Gasteiger charge is -1.81. The molecule has 0 amide bonds. The van der Waals surface area contributed by atoms with E-state index in [1.807, 2.05) is 0 Å². The van der Waals surface area contributed by atoms with Gasteiger partial charge in [0.05, 0.1) is 0 Å². The number of allylic oxidation sites excluding steroid dienone is 2. The Bertz CT molecular complexity index is 108. The van der Waals surface area contributed by atoms with Crippen molar-refractivity contribution in [2.75, 3.05) is 0 Å². The predicted molar refractivity (Wildman–Crippen MR) is 20.6 cm³/mol. The van der Waals surface area contributed by atoms with E-state index < -0.39 is 24.3 Å². The second-order valence-corrected chi connectivity index (χ2v) is 0.914. The average Bonchev–Trinajstić information content (AvgIpc) is 1.84. The van der Waals surface area contributed by atoms with Gasteiger partial charge in [-0.15, -0.1) is 0 Å². The highest BCUT2D eigenvalue weighted by atomic mass is 19.2. The monoisotopic (exact) mass is 126 g/mol. The van der Waals surface area contributed by atoms with Crippen molar-refractivity contribution < 1.29 is 17.6 Å². The first-order valence-electron chi connectivity index (χ1n) is 1.64. The minimum atomic E-state index is -1.84. The topological polar surface area (TPSA) is 0 Å². The summed E-state index contributed by atoms with van der Waals surface area (Å²) in [6.45, 7) is 0. The van der Waals surface area contributed by atoms with E-state index in [1.54, 1.807) is 0 Å². The lowest BCUT2D eigenvalue weighted by Crippen LogP contribution is -1.68. The molecule has 0 bridgehead atoms. The van der Waals surface area contributed by atoms with Crippen LogP contribution in [0.15, 0.2) is 24.3 Å². The smallest absolute Gasteiger partial charge is 0.189 e. The van der Waals surface area contributed by atoms with Crippen molar-refractivity contribution in [2.45, 2.75) is 0 Å².